The van der Waals surface area contributed by atoms with E-state index in [1.807, 2.05) is 6.92 Å². The van der Waals surface area contributed by atoms with E-state index in [0.717, 1.165) is 0 Å². The summed E-state index contributed by atoms with van der Waals surface area (Å²) in [6.45, 7) is 7.12. The SMILES string of the molecule is CCc1cc(NC(=O)C(N)=O)cnc1NC(=O)OC(C)(C)C. The average molecular weight is 308 g/mol. The maximum absolute atomic E-state index is 11.7. The molecular weight excluding hydrogens is 288 g/mol. The maximum Gasteiger partial charge on any atom is 0.413 e. The number of pyridine rings is 1. The van der Waals surface area contributed by atoms with E-state index in [-0.39, 0.29) is 0 Å². The minimum absolute atomic E-state index is 0.315. The third-order valence-corrected chi connectivity index (χ3v) is 2.45. The smallest absolute Gasteiger partial charge is 0.413 e. The van der Waals surface area contributed by atoms with Gasteiger partial charge in [0.25, 0.3) is 0 Å². The van der Waals surface area contributed by atoms with Crippen molar-refractivity contribution in [1.82, 2.24) is 4.98 Å². The van der Waals surface area contributed by atoms with Crippen LogP contribution < -0.4 is 16.4 Å². The number of amides is 3. The lowest BCUT2D eigenvalue weighted by molar-refractivity contribution is -0.134. The Morgan fingerprint density at radius 3 is 2.41 bits per heavy atom. The Morgan fingerprint density at radius 1 is 1.27 bits per heavy atom. The molecule has 1 heterocycles. The molecule has 4 N–H and O–H groups in total. The summed E-state index contributed by atoms with van der Waals surface area (Å²) in [5.74, 6) is -1.69. The van der Waals surface area contributed by atoms with E-state index in [0.29, 0.717) is 23.5 Å². The Hall–Kier alpha value is -2.64. The number of nitrogens with two attached hydrogens (primary N) is 1. The highest BCUT2D eigenvalue weighted by Gasteiger charge is 2.18. The number of aryl methyl sites for hydroxylation is 1. The number of carbonyl (C=O) groups excluding carboxylic acids is 3. The summed E-state index contributed by atoms with van der Waals surface area (Å²) in [6.07, 6.45) is 1.24. The van der Waals surface area contributed by atoms with E-state index in [2.05, 4.69) is 15.6 Å². The largest absolute Gasteiger partial charge is 0.444 e. The molecule has 0 aromatic carbocycles. The highest BCUT2D eigenvalue weighted by Crippen LogP contribution is 2.19. The number of anilines is 2. The Balaban J connectivity index is 2.87. The van der Waals surface area contributed by atoms with E-state index in [4.69, 9.17) is 10.5 Å². The molecule has 0 unspecified atom stereocenters. The summed E-state index contributed by atoms with van der Waals surface area (Å²) in [4.78, 5) is 37.7. The maximum atomic E-state index is 11.7. The molecule has 1 aromatic heterocycles. The van der Waals surface area contributed by atoms with Crippen molar-refractivity contribution in [2.45, 2.75) is 39.7 Å². The van der Waals surface area contributed by atoms with Gasteiger partial charge in [0.2, 0.25) is 0 Å². The molecule has 0 fully saturated rings. The Kier molecular flexibility index (Phi) is 5.44. The van der Waals surface area contributed by atoms with Gasteiger partial charge in [0.05, 0.1) is 11.9 Å². The highest BCUT2D eigenvalue weighted by atomic mass is 16.6. The third kappa shape index (κ3) is 5.39. The van der Waals surface area contributed by atoms with Crippen molar-refractivity contribution in [2.75, 3.05) is 10.6 Å². The van der Waals surface area contributed by atoms with Crippen molar-refractivity contribution < 1.29 is 19.1 Å². The predicted molar refractivity (Wildman–Crippen MR) is 81.3 cm³/mol. The van der Waals surface area contributed by atoms with Crippen LogP contribution in [0.3, 0.4) is 0 Å². The molecule has 0 saturated heterocycles. The number of primary amides is 1. The molecular formula is C14H20N4O4. The van der Waals surface area contributed by atoms with Gasteiger partial charge in [-0.1, -0.05) is 6.92 Å². The van der Waals surface area contributed by atoms with Crippen molar-refractivity contribution in [3.8, 4) is 0 Å². The first-order valence-corrected chi connectivity index (χ1v) is 6.72. The number of rotatable bonds is 3. The van der Waals surface area contributed by atoms with Crippen LogP contribution in [0.2, 0.25) is 0 Å². The number of hydrogen-bond acceptors (Lipinski definition) is 5. The molecule has 1 aromatic rings. The fourth-order valence-corrected chi connectivity index (χ4v) is 1.55. The zero-order valence-electron chi connectivity index (χ0n) is 13.0. The quantitative estimate of drug-likeness (QED) is 0.728. The van der Waals surface area contributed by atoms with Crippen LogP contribution in [0.1, 0.15) is 33.3 Å². The summed E-state index contributed by atoms with van der Waals surface area (Å²) in [5.41, 5.74) is 5.23. The lowest BCUT2D eigenvalue weighted by Gasteiger charge is -2.20. The van der Waals surface area contributed by atoms with Gasteiger partial charge in [-0.2, -0.15) is 0 Å². The summed E-state index contributed by atoms with van der Waals surface area (Å²) in [6, 6.07) is 1.60. The van der Waals surface area contributed by atoms with Gasteiger partial charge in [0, 0.05) is 0 Å². The second-order valence-corrected chi connectivity index (χ2v) is 5.53. The van der Waals surface area contributed by atoms with Gasteiger partial charge >= 0.3 is 17.9 Å². The lowest BCUT2D eigenvalue weighted by Crippen LogP contribution is -2.30. The standard InChI is InChI=1S/C14H20N4O4/c1-5-8-6-9(17-12(20)10(15)19)7-16-11(8)18-13(21)22-14(2,3)4/h6-7H,5H2,1-4H3,(H2,15,19)(H,17,20)(H,16,18,21). The second-order valence-electron chi connectivity index (χ2n) is 5.53. The molecule has 0 saturated carbocycles. The number of hydrogen-bond donors (Lipinski definition) is 3. The number of ether oxygens (including phenoxy) is 1. The minimum Gasteiger partial charge on any atom is -0.444 e. The first-order chi connectivity index (χ1) is 10.1. The molecule has 0 spiro atoms. The van der Waals surface area contributed by atoms with Crippen LogP contribution in [0.25, 0.3) is 0 Å². The third-order valence-electron chi connectivity index (χ3n) is 2.45. The van der Waals surface area contributed by atoms with E-state index < -0.39 is 23.5 Å². The molecule has 0 aliphatic rings. The minimum atomic E-state index is -1.09. The number of nitrogens with one attached hydrogen (secondary N) is 2. The van der Waals surface area contributed by atoms with E-state index in [9.17, 15) is 14.4 Å². The fraction of sp³-hybridized carbons (Fsp3) is 0.429. The molecule has 0 atom stereocenters. The second kappa shape index (κ2) is 6.88. The van der Waals surface area contributed by atoms with Crippen LogP contribution in [-0.2, 0) is 20.7 Å². The summed E-state index contributed by atoms with van der Waals surface area (Å²) in [5, 5.41) is 4.86. The summed E-state index contributed by atoms with van der Waals surface area (Å²) < 4.78 is 5.15. The molecule has 0 aliphatic carbocycles. The van der Waals surface area contributed by atoms with E-state index >= 15 is 0 Å². The van der Waals surface area contributed by atoms with Crippen LogP contribution in [0.5, 0.6) is 0 Å². The van der Waals surface area contributed by atoms with Crippen molar-refractivity contribution in [3.63, 3.8) is 0 Å². The van der Waals surface area contributed by atoms with Crippen LogP contribution in [0.4, 0.5) is 16.3 Å². The van der Waals surface area contributed by atoms with Gasteiger partial charge in [0.1, 0.15) is 11.4 Å². The van der Waals surface area contributed by atoms with Gasteiger partial charge in [0.15, 0.2) is 0 Å². The number of nitrogens with zero attached hydrogens (tertiary/aromatic N) is 1. The summed E-state index contributed by atoms with van der Waals surface area (Å²) in [7, 11) is 0. The van der Waals surface area contributed by atoms with E-state index in [1.54, 1.807) is 26.8 Å². The van der Waals surface area contributed by atoms with Crippen LogP contribution in [-0.4, -0.2) is 28.5 Å². The lowest BCUT2D eigenvalue weighted by atomic mass is 10.2. The Bertz CT molecular complexity index is 593. The Morgan fingerprint density at radius 2 is 1.91 bits per heavy atom. The Labute approximate surface area is 128 Å². The average Bonchev–Trinajstić information content (AvgIpc) is 2.38. The number of aromatic nitrogens is 1. The zero-order valence-corrected chi connectivity index (χ0v) is 13.0. The predicted octanol–water partition coefficient (Wildman–Crippen LogP) is 1.41. The molecule has 0 aliphatic heterocycles. The molecule has 8 heteroatoms. The number of carbonyl (C=O) groups is 3. The van der Waals surface area contributed by atoms with Gasteiger partial charge < -0.3 is 15.8 Å². The highest BCUT2D eigenvalue weighted by molar-refractivity contribution is 6.39. The van der Waals surface area contributed by atoms with Crippen molar-refractivity contribution in [2.24, 2.45) is 5.73 Å². The van der Waals surface area contributed by atoms with Crippen molar-refractivity contribution >= 4 is 29.4 Å². The molecule has 0 bridgehead atoms. The molecule has 120 valence electrons. The van der Waals surface area contributed by atoms with Crippen molar-refractivity contribution in [1.29, 1.82) is 0 Å². The first-order valence-electron chi connectivity index (χ1n) is 6.72. The molecule has 0 radical (unpaired) electrons. The van der Waals surface area contributed by atoms with Crippen LogP contribution in [0.15, 0.2) is 12.3 Å². The molecule has 1 rings (SSSR count). The van der Waals surface area contributed by atoms with Gasteiger partial charge in [-0.25, -0.2) is 9.78 Å². The van der Waals surface area contributed by atoms with Gasteiger partial charge in [-0.15, -0.1) is 0 Å². The van der Waals surface area contributed by atoms with Crippen LogP contribution >= 0.6 is 0 Å². The van der Waals surface area contributed by atoms with Gasteiger partial charge in [-0.3, -0.25) is 14.9 Å². The normalized spacial score (nSPS) is 10.7. The molecule has 3 amide bonds. The van der Waals surface area contributed by atoms with Crippen molar-refractivity contribution in [3.05, 3.63) is 17.8 Å². The molecule has 8 nitrogen and oxygen atoms in total. The topological polar surface area (TPSA) is 123 Å². The fourth-order valence-electron chi connectivity index (χ4n) is 1.55. The zero-order chi connectivity index (χ0) is 16.9. The summed E-state index contributed by atoms with van der Waals surface area (Å²) >= 11 is 0. The van der Waals surface area contributed by atoms with Gasteiger partial charge in [-0.05, 0) is 38.8 Å². The van der Waals surface area contributed by atoms with E-state index in [1.165, 1.54) is 6.20 Å². The monoisotopic (exact) mass is 308 g/mol. The molecule has 22 heavy (non-hydrogen) atoms. The van der Waals surface area contributed by atoms with Crippen LogP contribution in [0, 0.1) is 0 Å². The first kappa shape index (κ1) is 17.4.